The zero-order chi connectivity index (χ0) is 6.69. The number of pyridine rings is 1. The first kappa shape index (κ1) is 9.43. The molecule has 1 aromatic rings. The Balaban J connectivity index is 0.000000810. The normalized spacial score (nSPS) is 8.50. The third-order valence-electron chi connectivity index (χ3n) is 0.973. The molecule has 0 saturated carbocycles. The molecule has 0 aliphatic carbocycles. The fourth-order valence-electron chi connectivity index (χ4n) is 0.571. The lowest BCUT2D eigenvalue weighted by Crippen LogP contribution is -2.04. The Hall–Kier alpha value is -0.570. The topological polar surface area (TPSA) is 32.9 Å². The maximum atomic E-state index is 10.6. The van der Waals surface area contributed by atoms with E-state index in [0.29, 0.717) is 5.33 Å². The maximum Gasteiger partial charge on any atom is 0.248 e. The summed E-state index contributed by atoms with van der Waals surface area (Å²) in [6, 6.07) is 5.08. The second-order valence-corrected chi connectivity index (χ2v) is 2.23. The predicted molar refractivity (Wildman–Crippen MR) is 46.4 cm³/mol. The monoisotopic (exact) mass is 203 g/mol. The summed E-state index contributed by atoms with van der Waals surface area (Å²) in [5, 5.41) is 0.698. The Morgan fingerprint density at radius 2 is 2.20 bits per heavy atom. The molecule has 1 aromatic heterocycles. The molecule has 0 aliphatic rings. The molecule has 10 heavy (non-hydrogen) atoms. The van der Waals surface area contributed by atoms with Crippen LogP contribution in [0.3, 0.4) is 0 Å². The van der Waals surface area contributed by atoms with Gasteiger partial charge in [-0.3, -0.25) is 4.79 Å². The third kappa shape index (κ3) is 2.35. The molecule has 1 heterocycles. The lowest BCUT2D eigenvalue weighted by Gasteiger charge is -1.89. The first-order valence-corrected chi connectivity index (χ1v) is 3.69. The number of hydrogen-bond donors (Lipinski definition) is 1. The van der Waals surface area contributed by atoms with Crippen molar-refractivity contribution >= 4 is 15.9 Å². The second kappa shape index (κ2) is 4.28. The van der Waals surface area contributed by atoms with Gasteiger partial charge in [0.2, 0.25) is 5.56 Å². The molecule has 0 amide bonds. The number of H-pyrrole nitrogens is 1. The average molecular weight is 204 g/mol. The fourth-order valence-corrected chi connectivity index (χ4v) is 0.898. The summed E-state index contributed by atoms with van der Waals surface area (Å²) in [5.74, 6) is 0. The van der Waals surface area contributed by atoms with Gasteiger partial charge in [0, 0.05) is 17.1 Å². The number of aromatic nitrogens is 1. The molecule has 1 rings (SSSR count). The minimum atomic E-state index is -0.0491. The van der Waals surface area contributed by atoms with E-state index < -0.39 is 0 Å². The molecular weight excluding hydrogens is 194 g/mol. The third-order valence-corrected chi connectivity index (χ3v) is 1.58. The fraction of sp³-hybridized carbons (Fsp3) is 0.286. The van der Waals surface area contributed by atoms with E-state index in [0.717, 1.165) is 5.69 Å². The summed E-state index contributed by atoms with van der Waals surface area (Å²) in [6.07, 6.45) is 0. The molecule has 0 unspecified atom stereocenters. The second-order valence-electron chi connectivity index (χ2n) is 1.67. The van der Waals surface area contributed by atoms with Gasteiger partial charge in [0.15, 0.2) is 0 Å². The van der Waals surface area contributed by atoms with Crippen LogP contribution in [0.2, 0.25) is 0 Å². The van der Waals surface area contributed by atoms with E-state index in [1.165, 1.54) is 6.07 Å². The Morgan fingerprint density at radius 1 is 1.50 bits per heavy atom. The van der Waals surface area contributed by atoms with Crippen molar-refractivity contribution in [2.24, 2.45) is 0 Å². The molecule has 0 spiro atoms. The van der Waals surface area contributed by atoms with Gasteiger partial charge in [-0.25, -0.2) is 0 Å². The van der Waals surface area contributed by atoms with Crippen LogP contribution in [0.4, 0.5) is 0 Å². The molecule has 3 heteroatoms. The van der Waals surface area contributed by atoms with Crippen LogP contribution in [0.15, 0.2) is 23.0 Å². The lowest BCUT2D eigenvalue weighted by molar-refractivity contribution is 1.13. The predicted octanol–water partition coefficient (Wildman–Crippen LogP) is 1.91. The molecule has 0 aromatic carbocycles. The Kier molecular flexibility index (Phi) is 4.03. The van der Waals surface area contributed by atoms with E-state index in [1.54, 1.807) is 6.07 Å². The Bertz CT molecular complexity index is 243. The average Bonchev–Trinajstić information content (AvgIpc) is 1.88. The number of hydrogen-bond acceptors (Lipinski definition) is 1. The number of alkyl halides is 1. The van der Waals surface area contributed by atoms with E-state index in [9.17, 15) is 4.79 Å². The van der Waals surface area contributed by atoms with Gasteiger partial charge in [0.1, 0.15) is 0 Å². The van der Waals surface area contributed by atoms with Crippen molar-refractivity contribution in [3.8, 4) is 0 Å². The minimum absolute atomic E-state index is 0. The molecule has 2 nitrogen and oxygen atoms in total. The highest BCUT2D eigenvalue weighted by Gasteiger charge is 1.86. The molecule has 0 aliphatic heterocycles. The summed E-state index contributed by atoms with van der Waals surface area (Å²) in [6.45, 7) is 0. The van der Waals surface area contributed by atoms with Gasteiger partial charge in [-0.1, -0.05) is 29.4 Å². The van der Waals surface area contributed by atoms with Gasteiger partial charge in [0.25, 0.3) is 0 Å². The van der Waals surface area contributed by atoms with E-state index >= 15 is 0 Å². The van der Waals surface area contributed by atoms with Crippen LogP contribution in [0, 0.1) is 0 Å². The van der Waals surface area contributed by atoms with Gasteiger partial charge < -0.3 is 4.98 Å². The van der Waals surface area contributed by atoms with E-state index in [1.807, 2.05) is 6.07 Å². The molecule has 0 fully saturated rings. The smallest absolute Gasteiger partial charge is 0.248 e. The Morgan fingerprint density at radius 3 is 2.60 bits per heavy atom. The number of aromatic amines is 1. The van der Waals surface area contributed by atoms with Gasteiger partial charge in [-0.15, -0.1) is 0 Å². The molecule has 0 bridgehead atoms. The molecule has 56 valence electrons. The van der Waals surface area contributed by atoms with Crippen molar-refractivity contribution in [1.82, 2.24) is 4.98 Å². The van der Waals surface area contributed by atoms with Crippen molar-refractivity contribution in [3.63, 3.8) is 0 Å². The van der Waals surface area contributed by atoms with Crippen LogP contribution in [0.1, 0.15) is 13.1 Å². The number of halogens is 1. The van der Waals surface area contributed by atoms with E-state index in [2.05, 4.69) is 20.9 Å². The maximum absolute atomic E-state index is 10.6. The Labute approximate surface area is 68.4 Å². The van der Waals surface area contributed by atoms with Crippen molar-refractivity contribution in [2.75, 3.05) is 0 Å². The highest BCUT2D eigenvalue weighted by atomic mass is 79.9. The van der Waals surface area contributed by atoms with Crippen molar-refractivity contribution in [2.45, 2.75) is 12.8 Å². The minimum Gasteiger partial charge on any atom is -0.325 e. The van der Waals surface area contributed by atoms with Crippen LogP contribution in [-0.2, 0) is 5.33 Å². The van der Waals surface area contributed by atoms with E-state index in [4.69, 9.17) is 0 Å². The molecule has 0 atom stereocenters. The summed E-state index contributed by atoms with van der Waals surface area (Å²) < 4.78 is 0. The summed E-state index contributed by atoms with van der Waals surface area (Å²) >= 11 is 3.22. The van der Waals surface area contributed by atoms with Crippen molar-refractivity contribution in [3.05, 3.63) is 34.2 Å². The van der Waals surface area contributed by atoms with Crippen LogP contribution < -0.4 is 5.56 Å². The summed E-state index contributed by atoms with van der Waals surface area (Å²) in [4.78, 5) is 13.2. The largest absolute Gasteiger partial charge is 0.325 e. The van der Waals surface area contributed by atoms with Gasteiger partial charge >= 0.3 is 0 Å². The molecule has 0 saturated heterocycles. The highest BCUT2D eigenvalue weighted by molar-refractivity contribution is 9.08. The van der Waals surface area contributed by atoms with Gasteiger partial charge in [-0.05, 0) is 6.07 Å². The summed E-state index contributed by atoms with van der Waals surface area (Å²) in [7, 11) is 0. The van der Waals surface area contributed by atoms with Crippen LogP contribution in [0.25, 0.3) is 0 Å². The van der Waals surface area contributed by atoms with Crippen molar-refractivity contribution < 1.29 is 0 Å². The van der Waals surface area contributed by atoms with E-state index in [-0.39, 0.29) is 13.0 Å². The first-order valence-electron chi connectivity index (χ1n) is 2.57. The first-order chi connectivity index (χ1) is 4.33. The molecule has 0 radical (unpaired) electrons. The SMILES string of the molecule is C.O=c1cccc(CBr)[nH]1. The van der Waals surface area contributed by atoms with Gasteiger partial charge in [-0.2, -0.15) is 0 Å². The lowest BCUT2D eigenvalue weighted by atomic mass is 10.4. The number of rotatable bonds is 1. The highest BCUT2D eigenvalue weighted by Crippen LogP contribution is 1.95. The van der Waals surface area contributed by atoms with Gasteiger partial charge in [0.05, 0.1) is 0 Å². The van der Waals surface area contributed by atoms with Crippen LogP contribution in [0.5, 0.6) is 0 Å². The quantitative estimate of drug-likeness (QED) is 0.696. The summed E-state index contributed by atoms with van der Waals surface area (Å²) in [5.41, 5.74) is 0.856. The standard InChI is InChI=1S/C6H6BrNO.CH4/c7-4-5-2-1-3-6(9)8-5;/h1-3H,4H2,(H,8,9);1H4. The van der Waals surface area contributed by atoms with Crippen LogP contribution in [-0.4, -0.2) is 4.98 Å². The number of nitrogens with one attached hydrogen (secondary N) is 1. The van der Waals surface area contributed by atoms with Crippen molar-refractivity contribution in [1.29, 1.82) is 0 Å². The van der Waals surface area contributed by atoms with Crippen LogP contribution >= 0.6 is 15.9 Å². The molecule has 1 N–H and O–H groups in total. The molecular formula is C7H10BrNO. The zero-order valence-corrected chi connectivity index (χ0v) is 6.31. The zero-order valence-electron chi connectivity index (χ0n) is 4.73.